The lowest BCUT2D eigenvalue weighted by Crippen LogP contribution is -2.57. The molecule has 13 nitrogen and oxygen atoms in total. The van der Waals surface area contributed by atoms with Crippen LogP contribution < -0.4 is 10.6 Å². The maximum absolute atomic E-state index is 14.8. The topological polar surface area (TPSA) is 161 Å². The molecule has 5 rings (SSSR count). The molecule has 4 amide bonds. The fourth-order valence-electron chi connectivity index (χ4n) is 7.00. The molecule has 2 aliphatic heterocycles. The van der Waals surface area contributed by atoms with Crippen LogP contribution in [0.3, 0.4) is 0 Å². The molecule has 59 heavy (non-hydrogen) atoms. The first-order valence-corrected chi connectivity index (χ1v) is 19.7. The summed E-state index contributed by atoms with van der Waals surface area (Å²) in [7, 11) is 1.41. The molecule has 0 aromatic heterocycles. The normalized spacial score (nSPS) is 16.3. The summed E-state index contributed by atoms with van der Waals surface area (Å²) in [6, 6.07) is 13.7. The molecule has 0 aliphatic carbocycles. The second-order valence-electron chi connectivity index (χ2n) is 15.9. The number of rotatable bonds is 15. The average Bonchev–Trinajstić information content (AvgIpc) is 3.58. The summed E-state index contributed by atoms with van der Waals surface area (Å²) in [5, 5.41) is 5.16. The number of halogens is 2. The van der Waals surface area contributed by atoms with Gasteiger partial charge in [-0.15, -0.1) is 0 Å². The van der Waals surface area contributed by atoms with Gasteiger partial charge in [-0.2, -0.15) is 0 Å². The standard InChI is InChI=1S/C44H52F2N4O9/c1-27(49(5)43(56)59-44(2,3)4)40(53)47-37(30-19-21-57-22-20-30)42(55)50-25-31-18-17-29(23-32(51)13-9-16-36(52)58-26-28-11-7-6-8-12-28)24-33(31)39(50)41(54)48-38-34(45)14-10-15-35(38)46/h6-8,10-12,14-15,17-18,24,27,30,37,39H,9,13,16,19-23,25-26H2,1-5H3,(H,47,53)(H,48,54)/t27-,37-,39-/m0/s1. The Morgan fingerprint density at radius 3 is 2.25 bits per heavy atom. The summed E-state index contributed by atoms with van der Waals surface area (Å²) in [5.74, 6) is -5.23. The maximum Gasteiger partial charge on any atom is 0.410 e. The van der Waals surface area contributed by atoms with E-state index in [1.807, 2.05) is 30.3 Å². The Hall–Kier alpha value is -5.70. The predicted molar refractivity (Wildman–Crippen MR) is 212 cm³/mol. The monoisotopic (exact) mass is 818 g/mol. The van der Waals surface area contributed by atoms with E-state index in [1.54, 1.807) is 39.0 Å². The number of amides is 4. The quantitative estimate of drug-likeness (QED) is 0.171. The Kier molecular flexibility index (Phi) is 14.9. The van der Waals surface area contributed by atoms with Crippen molar-refractivity contribution in [2.45, 2.75) is 103 Å². The number of fused-ring (bicyclic) bond motifs is 1. The van der Waals surface area contributed by atoms with Gasteiger partial charge in [0.05, 0.1) is 0 Å². The first-order valence-electron chi connectivity index (χ1n) is 19.7. The predicted octanol–water partition coefficient (Wildman–Crippen LogP) is 6.18. The second kappa shape index (κ2) is 19.8. The molecular weight excluding hydrogens is 766 g/mol. The molecule has 15 heteroatoms. The van der Waals surface area contributed by atoms with Gasteiger partial charge in [0, 0.05) is 46.1 Å². The van der Waals surface area contributed by atoms with Crippen LogP contribution in [0, 0.1) is 17.6 Å². The van der Waals surface area contributed by atoms with Crippen LogP contribution in [-0.4, -0.2) is 83.3 Å². The number of ether oxygens (including phenoxy) is 3. The number of nitrogens with one attached hydrogen (secondary N) is 2. The van der Waals surface area contributed by atoms with Gasteiger partial charge in [-0.1, -0.05) is 54.6 Å². The van der Waals surface area contributed by atoms with Crippen molar-refractivity contribution in [2.24, 2.45) is 5.92 Å². The zero-order chi connectivity index (χ0) is 42.9. The van der Waals surface area contributed by atoms with Crippen molar-refractivity contribution in [2.75, 3.05) is 25.6 Å². The zero-order valence-corrected chi connectivity index (χ0v) is 34.1. The van der Waals surface area contributed by atoms with Gasteiger partial charge in [0.2, 0.25) is 11.8 Å². The average molecular weight is 819 g/mol. The fourth-order valence-corrected chi connectivity index (χ4v) is 7.00. The molecule has 0 saturated carbocycles. The fraction of sp³-hybridized carbons (Fsp3) is 0.455. The Bertz CT molecular complexity index is 2000. The molecule has 3 aromatic rings. The van der Waals surface area contributed by atoms with Gasteiger partial charge < -0.3 is 29.7 Å². The van der Waals surface area contributed by atoms with Crippen molar-refractivity contribution in [1.82, 2.24) is 15.1 Å². The minimum Gasteiger partial charge on any atom is -0.461 e. The van der Waals surface area contributed by atoms with Crippen LogP contribution >= 0.6 is 0 Å². The molecule has 2 aliphatic rings. The van der Waals surface area contributed by atoms with E-state index in [0.717, 1.165) is 28.7 Å². The summed E-state index contributed by atoms with van der Waals surface area (Å²) in [6.45, 7) is 7.26. The largest absolute Gasteiger partial charge is 0.461 e. The van der Waals surface area contributed by atoms with Crippen molar-refractivity contribution >= 4 is 41.3 Å². The Labute approximate surface area is 342 Å². The number of carbonyl (C=O) groups excluding carboxylic acids is 6. The van der Waals surface area contributed by atoms with Gasteiger partial charge in [-0.25, -0.2) is 13.6 Å². The molecule has 2 heterocycles. The number of carbonyl (C=O) groups is 6. The van der Waals surface area contributed by atoms with Gasteiger partial charge in [-0.3, -0.25) is 28.9 Å². The van der Waals surface area contributed by atoms with E-state index in [9.17, 15) is 37.5 Å². The lowest BCUT2D eigenvalue weighted by atomic mass is 9.90. The first-order chi connectivity index (χ1) is 28.0. The third-order valence-electron chi connectivity index (χ3n) is 10.3. The summed E-state index contributed by atoms with van der Waals surface area (Å²) >= 11 is 0. The number of esters is 1. The molecule has 316 valence electrons. The van der Waals surface area contributed by atoms with Crippen molar-refractivity contribution < 1.29 is 51.8 Å². The second-order valence-corrected chi connectivity index (χ2v) is 15.9. The Balaban J connectivity index is 1.36. The van der Waals surface area contributed by atoms with E-state index >= 15 is 0 Å². The number of nitrogens with zero attached hydrogens (tertiary/aromatic N) is 2. The summed E-state index contributed by atoms with van der Waals surface area (Å²) in [4.78, 5) is 83.3. The lowest BCUT2D eigenvalue weighted by Gasteiger charge is -2.36. The molecule has 0 bridgehead atoms. The Morgan fingerprint density at radius 2 is 1.59 bits per heavy atom. The number of para-hydroxylation sites is 1. The highest BCUT2D eigenvalue weighted by Gasteiger charge is 2.44. The summed E-state index contributed by atoms with van der Waals surface area (Å²) < 4.78 is 45.9. The molecule has 1 fully saturated rings. The van der Waals surface area contributed by atoms with Crippen LogP contribution in [0.4, 0.5) is 19.3 Å². The Morgan fingerprint density at radius 1 is 0.915 bits per heavy atom. The highest BCUT2D eigenvalue weighted by molar-refractivity contribution is 6.00. The van der Waals surface area contributed by atoms with E-state index in [4.69, 9.17) is 14.2 Å². The lowest BCUT2D eigenvalue weighted by molar-refractivity contribution is -0.145. The smallest absolute Gasteiger partial charge is 0.410 e. The van der Waals surface area contributed by atoms with Gasteiger partial charge in [-0.05, 0) is 87.3 Å². The number of anilines is 1. The molecule has 3 atom stereocenters. The summed E-state index contributed by atoms with van der Waals surface area (Å²) in [5.41, 5.74) is 0.761. The van der Waals surface area contributed by atoms with Gasteiger partial charge >= 0.3 is 12.1 Å². The number of benzene rings is 3. The maximum atomic E-state index is 14.8. The summed E-state index contributed by atoms with van der Waals surface area (Å²) in [6.07, 6.45) is 0.439. The van der Waals surface area contributed by atoms with Crippen molar-refractivity contribution in [3.05, 3.63) is 101 Å². The highest BCUT2D eigenvalue weighted by atomic mass is 19.1. The van der Waals surface area contributed by atoms with Crippen LogP contribution in [0.5, 0.6) is 0 Å². The number of likely N-dealkylation sites (N-methyl/N-ethyl adjacent to an activating group) is 1. The third-order valence-corrected chi connectivity index (χ3v) is 10.3. The van der Waals surface area contributed by atoms with E-state index in [2.05, 4.69) is 10.6 Å². The molecular formula is C44H52F2N4O9. The molecule has 0 spiro atoms. The molecule has 0 radical (unpaired) electrons. The minimum absolute atomic E-state index is 0.0413. The minimum atomic E-state index is -1.41. The first kappa shape index (κ1) is 44.4. The van der Waals surface area contributed by atoms with Crippen LogP contribution in [0.2, 0.25) is 0 Å². The van der Waals surface area contributed by atoms with Crippen LogP contribution in [-0.2, 0) is 57.8 Å². The van der Waals surface area contributed by atoms with Gasteiger partial charge in [0.15, 0.2) is 0 Å². The van der Waals surface area contributed by atoms with Crippen LogP contribution in [0.25, 0.3) is 0 Å². The molecule has 1 saturated heterocycles. The van der Waals surface area contributed by atoms with Crippen LogP contribution in [0.1, 0.15) is 88.1 Å². The molecule has 2 N–H and O–H groups in total. The number of Topliss-reactive ketones (excluding diaryl/α,β-unsaturated/α-hetero) is 1. The van der Waals surface area contributed by atoms with E-state index in [-0.39, 0.29) is 44.6 Å². The van der Waals surface area contributed by atoms with Crippen molar-refractivity contribution in [3.8, 4) is 0 Å². The molecule has 0 unspecified atom stereocenters. The van der Waals surface area contributed by atoms with E-state index in [0.29, 0.717) is 42.7 Å². The molecule has 3 aromatic carbocycles. The van der Waals surface area contributed by atoms with Crippen molar-refractivity contribution in [1.29, 1.82) is 0 Å². The van der Waals surface area contributed by atoms with Gasteiger partial charge in [0.25, 0.3) is 5.91 Å². The van der Waals surface area contributed by atoms with E-state index < -0.39 is 76.8 Å². The highest BCUT2D eigenvalue weighted by Crippen LogP contribution is 2.38. The van der Waals surface area contributed by atoms with Crippen LogP contribution in [0.15, 0.2) is 66.7 Å². The SMILES string of the molecule is C[C@@H](C(=O)N[C@H](C(=O)N1Cc2ccc(CC(=O)CCCC(=O)OCc3ccccc3)cc2[C@H]1C(=O)Nc1c(F)cccc1F)C1CCOCC1)N(C)C(=O)OC(C)(C)C. The van der Waals surface area contributed by atoms with E-state index in [1.165, 1.54) is 18.9 Å². The van der Waals surface area contributed by atoms with Gasteiger partial charge in [0.1, 0.15) is 53.4 Å². The zero-order valence-electron chi connectivity index (χ0n) is 34.1. The number of ketones is 1. The number of hydrogen-bond acceptors (Lipinski definition) is 9. The van der Waals surface area contributed by atoms with Crippen molar-refractivity contribution in [3.63, 3.8) is 0 Å². The third kappa shape index (κ3) is 11.9. The number of hydrogen-bond donors (Lipinski definition) is 2.